The number of rotatable bonds is 22. The zero-order valence-corrected chi connectivity index (χ0v) is 58.5. The minimum atomic E-state index is -5.89. The van der Waals surface area contributed by atoms with Crippen LogP contribution < -0.4 is 4.74 Å². The van der Waals surface area contributed by atoms with Crippen LogP contribution in [0.25, 0.3) is 0 Å². The van der Waals surface area contributed by atoms with Gasteiger partial charge in [-0.2, -0.15) is 30.7 Å². The fourth-order valence-electron chi connectivity index (χ4n) is 8.24. The standard InChI is InChI=1S/C14H22O2.C14H18O2.C12H22O2.C11H20O2.C8H5F7O4.C7H12O2.C4H6O2/c1-9(2)12(15)16-11-8-10-6-7-14(11,5)13(10,3)4;1-10(2)13(15)16-12-8-6-11(7-9-12)14(3,4)5;1-5-7-8-11(6-2)9-14-12(13)10(3)4;1-7(2)10(8(3)4)13-11(12)9(5)6;1-3(9)5(17)18-2-4(16)19-6(7(10,11)12)8(13,14)15;1-5(2)7(8)9-6(3)4;1-3(2)4(5)6/h10-11H,1,6-8H2,2-5H3;6-9H,1H2,2-5H3;11H,3,5-9H2,1-2,4H3;7-8,10H,5H2,1-4,6H3;6H,1-2H2;6H,1H2,2-4H3;1H2,2H3,(H,5,6). The van der Waals surface area contributed by atoms with E-state index in [0.717, 1.165) is 19.3 Å². The second-order valence-corrected chi connectivity index (χ2v) is 25.4. The van der Waals surface area contributed by atoms with Crippen LogP contribution in [0.3, 0.4) is 0 Å². The maximum absolute atomic E-state index is 12.0. The van der Waals surface area contributed by atoms with Gasteiger partial charge in [0, 0.05) is 38.9 Å². The normalized spacial score (nSPS) is 16.0. The van der Waals surface area contributed by atoms with E-state index in [-0.39, 0.29) is 64.6 Å². The molecule has 4 unspecified atom stereocenters. The number of alkyl halides is 6. The molecule has 2 saturated carbocycles. The molecule has 16 nitrogen and oxygen atoms in total. The average molecular weight is 1340 g/mol. The maximum atomic E-state index is 12.0. The summed E-state index contributed by atoms with van der Waals surface area (Å²) in [5.41, 5.74) is 4.25. The molecule has 93 heavy (non-hydrogen) atoms. The van der Waals surface area contributed by atoms with Crippen molar-refractivity contribution >= 4 is 47.8 Å². The van der Waals surface area contributed by atoms with E-state index in [4.69, 9.17) is 28.8 Å². The number of carboxylic acids is 1. The average Bonchev–Trinajstić information content (AvgIpc) is 1.56. The van der Waals surface area contributed by atoms with Gasteiger partial charge in [0.2, 0.25) is 5.83 Å². The Morgan fingerprint density at radius 1 is 0.613 bits per heavy atom. The Balaban J connectivity index is -0.000000507. The monoisotopic (exact) mass is 1330 g/mol. The van der Waals surface area contributed by atoms with E-state index < -0.39 is 48.8 Å². The molecule has 0 amide bonds. The second-order valence-electron chi connectivity index (χ2n) is 25.4. The van der Waals surface area contributed by atoms with Crippen molar-refractivity contribution in [2.24, 2.45) is 34.5 Å². The molecular formula is C70H105F7O16. The molecule has 0 saturated heterocycles. The summed E-state index contributed by atoms with van der Waals surface area (Å²) < 4.78 is 116. The van der Waals surface area contributed by atoms with Crippen molar-refractivity contribution in [2.45, 2.75) is 226 Å². The Bertz CT molecular complexity index is 2660. The van der Waals surface area contributed by atoms with Crippen LogP contribution in [0.2, 0.25) is 0 Å². The van der Waals surface area contributed by atoms with E-state index in [1.54, 1.807) is 60.6 Å². The van der Waals surface area contributed by atoms with E-state index in [2.05, 4.69) is 139 Å². The van der Waals surface area contributed by atoms with Gasteiger partial charge in [-0.1, -0.05) is 161 Å². The van der Waals surface area contributed by atoms with Crippen molar-refractivity contribution in [3.63, 3.8) is 0 Å². The third-order valence-electron chi connectivity index (χ3n) is 14.3. The highest BCUT2D eigenvalue weighted by Crippen LogP contribution is 2.66. The molecule has 4 atom stereocenters. The van der Waals surface area contributed by atoms with E-state index in [9.17, 15) is 69.1 Å². The molecule has 0 aliphatic heterocycles. The molecule has 1 N–H and O–H groups in total. The first-order valence-electron chi connectivity index (χ1n) is 30.2. The highest BCUT2D eigenvalue weighted by Gasteiger charge is 2.63. The first kappa shape index (κ1) is 92.1. The zero-order valence-electron chi connectivity index (χ0n) is 58.5. The lowest BCUT2D eigenvalue weighted by Crippen LogP contribution is -2.46. The molecule has 1 aromatic rings. The van der Waals surface area contributed by atoms with Gasteiger partial charge in [0.1, 0.15) is 18.0 Å². The predicted molar refractivity (Wildman–Crippen MR) is 345 cm³/mol. The SMILES string of the molecule is C=C(C)C(=O)O.C=C(C)C(=O)OC(C(C)C)C(C)C.C=C(C)C(=O)OC(C)C.C=C(C)C(=O)OC1CC2CCC1(C)C2(C)C.C=C(C)C(=O)OCC(CC)CCCC.C=C(C)C(=O)Oc1ccc(C(C)(C)C)cc1.C=C(F)C(=O)OCC(=O)OC(C(F)(F)F)C(F)(F)F. The zero-order chi connectivity index (χ0) is 74.1. The van der Waals surface area contributed by atoms with E-state index in [0.29, 0.717) is 69.3 Å². The molecule has 2 aliphatic carbocycles. The van der Waals surface area contributed by atoms with Gasteiger partial charge in [0.25, 0.3) is 6.10 Å². The highest BCUT2D eigenvalue weighted by molar-refractivity contribution is 5.90. The van der Waals surface area contributed by atoms with Crippen LogP contribution in [0.1, 0.15) is 189 Å². The number of aliphatic carboxylic acids is 1. The fourth-order valence-corrected chi connectivity index (χ4v) is 8.24. The third-order valence-corrected chi connectivity index (χ3v) is 14.3. The number of ether oxygens (including phenoxy) is 7. The number of esters is 7. The third kappa shape index (κ3) is 37.8. The molecule has 2 aliphatic rings. The Kier molecular flexibility index (Phi) is 42.4. The van der Waals surface area contributed by atoms with Gasteiger partial charge in [-0.15, -0.1) is 0 Å². The number of carboxylic acid groups (broad SMARTS) is 1. The number of unbranched alkanes of at least 4 members (excludes halogenated alkanes) is 1. The van der Waals surface area contributed by atoms with Crippen molar-refractivity contribution < 1.29 is 107 Å². The van der Waals surface area contributed by atoms with Crippen molar-refractivity contribution in [3.8, 4) is 5.75 Å². The first-order chi connectivity index (χ1) is 42.1. The summed E-state index contributed by atoms with van der Waals surface area (Å²) in [6.07, 6.45) is -7.98. The van der Waals surface area contributed by atoms with Gasteiger partial charge in [-0.05, 0) is 133 Å². The molecular weight excluding hydrogens is 1230 g/mol. The first-order valence-corrected chi connectivity index (χ1v) is 30.2. The Hall–Kier alpha value is -7.33. The number of hydrogen-bond donors (Lipinski definition) is 1. The number of carbonyl (C=O) groups excluding carboxylic acids is 7. The van der Waals surface area contributed by atoms with E-state index in [1.165, 1.54) is 38.2 Å². The summed E-state index contributed by atoms with van der Waals surface area (Å²) in [6.45, 7) is 61.4. The predicted octanol–water partition coefficient (Wildman–Crippen LogP) is 17.1. The van der Waals surface area contributed by atoms with Crippen molar-refractivity contribution in [2.75, 3.05) is 13.2 Å². The molecule has 0 spiro atoms. The number of benzene rings is 1. The second kappa shape index (κ2) is 42.8. The summed E-state index contributed by atoms with van der Waals surface area (Å²) >= 11 is 0. The Morgan fingerprint density at radius 2 is 1.04 bits per heavy atom. The number of carbonyl (C=O) groups is 8. The van der Waals surface area contributed by atoms with E-state index >= 15 is 0 Å². The maximum Gasteiger partial charge on any atom is 0.434 e. The van der Waals surface area contributed by atoms with Crippen LogP contribution in [-0.4, -0.2) is 103 Å². The van der Waals surface area contributed by atoms with Gasteiger partial charge >= 0.3 is 60.1 Å². The van der Waals surface area contributed by atoms with Crippen LogP contribution in [0, 0.1) is 34.5 Å². The van der Waals surface area contributed by atoms with Gasteiger partial charge < -0.3 is 38.3 Å². The van der Waals surface area contributed by atoms with Crippen molar-refractivity contribution in [1.29, 1.82) is 0 Å². The molecule has 23 heteroatoms. The summed E-state index contributed by atoms with van der Waals surface area (Å²) in [7, 11) is 0. The molecule has 3 rings (SSSR count). The number of halogens is 7. The largest absolute Gasteiger partial charge is 0.478 e. The van der Waals surface area contributed by atoms with Crippen molar-refractivity contribution in [3.05, 3.63) is 115 Å². The smallest absolute Gasteiger partial charge is 0.434 e. The molecule has 0 radical (unpaired) electrons. The lowest BCUT2D eigenvalue weighted by atomic mass is 9.70. The van der Waals surface area contributed by atoms with Crippen LogP contribution in [0.15, 0.2) is 110 Å². The summed E-state index contributed by atoms with van der Waals surface area (Å²) in [4.78, 5) is 86.5. The quantitative estimate of drug-likeness (QED) is 0.0375. The molecule has 530 valence electrons. The molecule has 1 aromatic carbocycles. The minimum Gasteiger partial charge on any atom is -0.478 e. The highest BCUT2D eigenvalue weighted by atomic mass is 19.4. The lowest BCUT2D eigenvalue weighted by Gasteiger charge is -2.38. The molecule has 2 fully saturated rings. The summed E-state index contributed by atoms with van der Waals surface area (Å²) in [5.74, 6) is -5.57. The summed E-state index contributed by atoms with van der Waals surface area (Å²) in [5, 5.41) is 7.89. The fraction of sp³-hybridized carbons (Fsp3) is 0.600. The van der Waals surface area contributed by atoms with Gasteiger partial charge in [-0.3, -0.25) is 0 Å². The van der Waals surface area contributed by atoms with E-state index in [1.807, 2.05) is 12.1 Å². The molecule has 0 aromatic heterocycles. The molecule has 2 bridgehead atoms. The topological polar surface area (TPSA) is 221 Å². The van der Waals surface area contributed by atoms with Crippen LogP contribution >= 0.6 is 0 Å². The van der Waals surface area contributed by atoms with Crippen LogP contribution in [0.5, 0.6) is 5.75 Å². The molecule has 0 heterocycles. The number of fused-ring (bicyclic) bond motifs is 2. The minimum absolute atomic E-state index is 0.0100. The Morgan fingerprint density at radius 3 is 1.34 bits per heavy atom. The van der Waals surface area contributed by atoms with Gasteiger partial charge in [0.05, 0.1) is 12.7 Å². The van der Waals surface area contributed by atoms with Crippen LogP contribution in [0.4, 0.5) is 30.7 Å². The van der Waals surface area contributed by atoms with Crippen LogP contribution in [-0.2, 0) is 72.2 Å². The lowest BCUT2D eigenvalue weighted by molar-refractivity contribution is -0.313. The van der Waals surface area contributed by atoms with Crippen molar-refractivity contribution in [1.82, 2.24) is 0 Å². The van der Waals surface area contributed by atoms with Gasteiger partial charge in [0.15, 0.2) is 6.61 Å². The Labute approximate surface area is 547 Å². The summed E-state index contributed by atoms with van der Waals surface area (Å²) in [6, 6.07) is 7.56. The number of hydrogen-bond acceptors (Lipinski definition) is 15. The van der Waals surface area contributed by atoms with Gasteiger partial charge in [-0.25, -0.2) is 38.4 Å².